The number of thiophene rings is 1. The normalized spacial score (nSPS) is 11.6. The lowest BCUT2D eigenvalue weighted by atomic mass is 10.2. The molecule has 1 atom stereocenters. The van der Waals surface area contributed by atoms with Gasteiger partial charge in [0.15, 0.2) is 11.5 Å². The molecule has 2 N–H and O–H groups in total. The Morgan fingerprint density at radius 3 is 2.65 bits per heavy atom. The van der Waals surface area contributed by atoms with Gasteiger partial charge < -0.3 is 24.8 Å². The number of hydrogen-bond acceptors (Lipinski definition) is 5. The molecule has 6 nitrogen and oxygen atoms in total. The molecule has 0 spiro atoms. The third-order valence-corrected chi connectivity index (χ3v) is 4.00. The first-order valence-electron chi connectivity index (χ1n) is 7.00. The van der Waals surface area contributed by atoms with E-state index in [-0.39, 0.29) is 12.1 Å². The van der Waals surface area contributed by atoms with Crippen LogP contribution in [0, 0.1) is 0 Å². The van der Waals surface area contributed by atoms with E-state index in [9.17, 15) is 4.79 Å². The lowest BCUT2D eigenvalue weighted by molar-refractivity contribution is 0.105. The average Bonchev–Trinajstić information content (AvgIpc) is 3.09. The number of nitrogens with one attached hydrogen (secondary N) is 2. The zero-order valence-electron chi connectivity index (χ0n) is 13.3. The number of anilines is 1. The minimum atomic E-state index is -0.339. The molecule has 0 saturated carbocycles. The van der Waals surface area contributed by atoms with Crippen LogP contribution in [0.3, 0.4) is 0 Å². The molecule has 1 aromatic carbocycles. The number of hydrogen-bond donors (Lipinski definition) is 2. The Labute approximate surface area is 139 Å². The number of urea groups is 1. The van der Waals surface area contributed by atoms with E-state index in [0.29, 0.717) is 23.7 Å². The van der Waals surface area contributed by atoms with Crippen molar-refractivity contribution in [3.63, 3.8) is 0 Å². The van der Waals surface area contributed by atoms with Crippen LogP contribution in [-0.2, 0) is 4.74 Å². The Morgan fingerprint density at radius 2 is 2.04 bits per heavy atom. The van der Waals surface area contributed by atoms with Crippen LogP contribution in [0.4, 0.5) is 10.5 Å². The van der Waals surface area contributed by atoms with Crippen molar-refractivity contribution >= 4 is 23.1 Å². The molecular formula is C16H20N2O4S. The number of ether oxygens (including phenoxy) is 3. The summed E-state index contributed by atoms with van der Waals surface area (Å²) in [6.45, 7) is 0.366. The fourth-order valence-corrected chi connectivity index (χ4v) is 2.83. The summed E-state index contributed by atoms with van der Waals surface area (Å²) in [5, 5.41) is 9.52. The van der Waals surface area contributed by atoms with Crippen LogP contribution in [-0.4, -0.2) is 33.9 Å². The van der Waals surface area contributed by atoms with Crippen LogP contribution >= 0.6 is 11.3 Å². The van der Waals surface area contributed by atoms with Crippen molar-refractivity contribution in [1.29, 1.82) is 0 Å². The Hall–Kier alpha value is -2.25. The minimum Gasteiger partial charge on any atom is -0.493 e. The fraction of sp³-hybridized carbons (Fsp3) is 0.312. The lowest BCUT2D eigenvalue weighted by Gasteiger charge is -2.17. The van der Waals surface area contributed by atoms with Crippen molar-refractivity contribution in [2.24, 2.45) is 0 Å². The lowest BCUT2D eigenvalue weighted by Crippen LogP contribution is -2.33. The third kappa shape index (κ3) is 4.37. The molecule has 0 fully saturated rings. The van der Waals surface area contributed by atoms with Crippen LogP contribution in [0.2, 0.25) is 0 Å². The first-order valence-corrected chi connectivity index (χ1v) is 7.94. The highest BCUT2D eigenvalue weighted by Crippen LogP contribution is 2.34. The highest BCUT2D eigenvalue weighted by molar-refractivity contribution is 7.07. The fourth-order valence-electron chi connectivity index (χ4n) is 2.13. The molecule has 0 bridgehead atoms. The van der Waals surface area contributed by atoms with Gasteiger partial charge in [-0.15, -0.1) is 0 Å². The van der Waals surface area contributed by atoms with Gasteiger partial charge in [-0.1, -0.05) is 6.07 Å². The van der Waals surface area contributed by atoms with Crippen LogP contribution in [0.5, 0.6) is 11.5 Å². The predicted octanol–water partition coefficient (Wildman–Crippen LogP) is 3.27. The zero-order chi connectivity index (χ0) is 16.7. The second-order valence-corrected chi connectivity index (χ2v) is 5.44. The van der Waals surface area contributed by atoms with E-state index in [1.54, 1.807) is 43.8 Å². The molecule has 2 aromatic rings. The molecule has 0 saturated heterocycles. The summed E-state index contributed by atoms with van der Waals surface area (Å²) in [5.41, 5.74) is 1.57. The summed E-state index contributed by atoms with van der Waals surface area (Å²) in [7, 11) is 4.69. The van der Waals surface area contributed by atoms with Gasteiger partial charge in [0.05, 0.1) is 19.9 Å². The maximum atomic E-state index is 12.1. The van der Waals surface area contributed by atoms with E-state index in [0.717, 1.165) is 5.56 Å². The van der Waals surface area contributed by atoms with Crippen LogP contribution in [0.1, 0.15) is 11.7 Å². The van der Waals surface area contributed by atoms with Gasteiger partial charge in [0.2, 0.25) is 0 Å². The van der Waals surface area contributed by atoms with Gasteiger partial charge in [0, 0.05) is 13.7 Å². The van der Waals surface area contributed by atoms with Crippen molar-refractivity contribution in [2.45, 2.75) is 6.10 Å². The van der Waals surface area contributed by atoms with Crippen LogP contribution in [0.25, 0.3) is 0 Å². The molecule has 0 aliphatic carbocycles. The maximum Gasteiger partial charge on any atom is 0.319 e. The van der Waals surface area contributed by atoms with E-state index in [1.807, 2.05) is 16.8 Å². The summed E-state index contributed by atoms with van der Waals surface area (Å²) < 4.78 is 15.9. The maximum absolute atomic E-state index is 12.1. The second kappa shape index (κ2) is 8.40. The first kappa shape index (κ1) is 17.1. The Kier molecular flexibility index (Phi) is 6.25. The van der Waals surface area contributed by atoms with Gasteiger partial charge in [-0.2, -0.15) is 11.3 Å². The molecule has 2 amide bonds. The van der Waals surface area contributed by atoms with Crippen molar-refractivity contribution in [2.75, 3.05) is 33.2 Å². The van der Waals surface area contributed by atoms with Gasteiger partial charge in [-0.25, -0.2) is 4.79 Å². The minimum absolute atomic E-state index is 0.181. The number of rotatable bonds is 7. The Bertz CT molecular complexity index is 631. The van der Waals surface area contributed by atoms with E-state index >= 15 is 0 Å². The summed E-state index contributed by atoms with van der Waals surface area (Å²) in [4.78, 5) is 12.1. The van der Waals surface area contributed by atoms with Gasteiger partial charge in [-0.3, -0.25) is 0 Å². The molecule has 0 radical (unpaired) electrons. The summed E-state index contributed by atoms with van der Waals surface area (Å²) in [6, 6.07) is 6.92. The van der Waals surface area contributed by atoms with Crippen molar-refractivity contribution in [3.05, 3.63) is 40.6 Å². The predicted molar refractivity (Wildman–Crippen MR) is 90.6 cm³/mol. The van der Waals surface area contributed by atoms with Crippen molar-refractivity contribution in [3.8, 4) is 11.5 Å². The number of carbonyl (C=O) groups excluding carboxylic acids is 1. The molecule has 0 aliphatic rings. The van der Waals surface area contributed by atoms with Gasteiger partial charge in [0.1, 0.15) is 6.10 Å². The van der Waals surface area contributed by atoms with Gasteiger partial charge in [-0.05, 0) is 34.5 Å². The molecule has 7 heteroatoms. The standard InChI is InChI=1S/C16H20N2O4S/c1-20-13-6-4-5-12(15(13)22-3)18-16(19)17-9-14(21-2)11-7-8-23-10-11/h4-8,10,14H,9H2,1-3H3,(H2,17,18,19). The molecule has 23 heavy (non-hydrogen) atoms. The number of carbonyl (C=O) groups is 1. The highest BCUT2D eigenvalue weighted by Gasteiger charge is 2.15. The average molecular weight is 336 g/mol. The topological polar surface area (TPSA) is 68.8 Å². The van der Waals surface area contributed by atoms with Crippen LogP contribution < -0.4 is 20.1 Å². The van der Waals surface area contributed by atoms with Crippen molar-refractivity contribution in [1.82, 2.24) is 5.32 Å². The summed E-state index contributed by atoms with van der Waals surface area (Å²) in [5.74, 6) is 1.03. The monoisotopic (exact) mass is 336 g/mol. The van der Waals surface area contributed by atoms with E-state index in [2.05, 4.69) is 10.6 Å². The second-order valence-electron chi connectivity index (χ2n) is 4.66. The van der Waals surface area contributed by atoms with E-state index < -0.39 is 0 Å². The van der Waals surface area contributed by atoms with Crippen molar-refractivity contribution < 1.29 is 19.0 Å². The smallest absolute Gasteiger partial charge is 0.319 e. The Balaban J connectivity index is 1.97. The van der Waals surface area contributed by atoms with Crippen LogP contribution in [0.15, 0.2) is 35.0 Å². The molecule has 2 rings (SSSR count). The first-order chi connectivity index (χ1) is 11.2. The number of benzene rings is 1. The molecule has 1 unspecified atom stereocenters. The molecule has 1 aromatic heterocycles. The molecule has 124 valence electrons. The van der Waals surface area contributed by atoms with Gasteiger partial charge >= 0.3 is 6.03 Å². The number of methoxy groups -OCH3 is 3. The summed E-state index contributed by atoms with van der Waals surface area (Å²) in [6.07, 6.45) is -0.181. The Morgan fingerprint density at radius 1 is 1.22 bits per heavy atom. The molecule has 1 heterocycles. The quantitative estimate of drug-likeness (QED) is 0.814. The zero-order valence-corrected chi connectivity index (χ0v) is 14.1. The largest absolute Gasteiger partial charge is 0.493 e. The number of para-hydroxylation sites is 1. The SMILES string of the molecule is COc1cccc(NC(=O)NCC(OC)c2ccsc2)c1OC. The summed E-state index contributed by atoms with van der Waals surface area (Å²) >= 11 is 1.59. The van der Waals surface area contributed by atoms with E-state index in [4.69, 9.17) is 14.2 Å². The molecular weight excluding hydrogens is 316 g/mol. The third-order valence-electron chi connectivity index (χ3n) is 3.30. The number of amides is 2. The highest BCUT2D eigenvalue weighted by atomic mass is 32.1. The van der Waals surface area contributed by atoms with E-state index in [1.165, 1.54) is 7.11 Å². The van der Waals surface area contributed by atoms with Gasteiger partial charge in [0.25, 0.3) is 0 Å². The molecule has 0 aliphatic heterocycles.